The van der Waals surface area contributed by atoms with Crippen molar-refractivity contribution in [3.8, 4) is 5.75 Å². The third-order valence-corrected chi connectivity index (χ3v) is 5.88. The Hall–Kier alpha value is -2.92. The van der Waals surface area contributed by atoms with E-state index in [2.05, 4.69) is 0 Å². The molecular formula is C25H28O5. The number of hydrogen-bond acceptors (Lipinski definition) is 5. The molecule has 0 spiro atoms. The molecule has 1 aliphatic heterocycles. The van der Waals surface area contributed by atoms with Gasteiger partial charge in [0.05, 0.1) is 17.6 Å². The summed E-state index contributed by atoms with van der Waals surface area (Å²) in [6, 6.07) is 5.00. The normalized spacial score (nSPS) is 25.9. The van der Waals surface area contributed by atoms with Gasteiger partial charge in [0, 0.05) is 0 Å². The molecule has 1 aromatic rings. The van der Waals surface area contributed by atoms with Gasteiger partial charge < -0.3 is 14.9 Å². The van der Waals surface area contributed by atoms with Crippen LogP contribution in [0.1, 0.15) is 51.7 Å². The SMILES string of the molecule is CC(C)=CC[C@]12C/C=C(\C)COc3cccc(CO)c3/C(O)=C(/C(=O)C=C1C)C2=O. The number of hydrogen-bond donors (Lipinski definition) is 2. The van der Waals surface area contributed by atoms with Gasteiger partial charge in [-0.05, 0) is 63.8 Å². The summed E-state index contributed by atoms with van der Waals surface area (Å²) in [4.78, 5) is 26.7. The van der Waals surface area contributed by atoms with Crippen molar-refractivity contribution < 1.29 is 24.5 Å². The van der Waals surface area contributed by atoms with Crippen LogP contribution in [0.4, 0.5) is 0 Å². The highest BCUT2D eigenvalue weighted by Gasteiger charge is 2.46. The van der Waals surface area contributed by atoms with Gasteiger partial charge in [-0.15, -0.1) is 0 Å². The van der Waals surface area contributed by atoms with Crippen molar-refractivity contribution in [2.24, 2.45) is 5.41 Å². The van der Waals surface area contributed by atoms with Gasteiger partial charge >= 0.3 is 0 Å². The third kappa shape index (κ3) is 3.77. The van der Waals surface area contributed by atoms with Crippen LogP contribution in [0.5, 0.6) is 5.75 Å². The second kappa shape index (κ2) is 8.44. The Morgan fingerprint density at radius 1 is 1.23 bits per heavy atom. The number of carbonyl (C=O) groups is 2. The molecule has 2 N–H and O–H groups in total. The topological polar surface area (TPSA) is 83.8 Å². The van der Waals surface area contributed by atoms with E-state index >= 15 is 0 Å². The minimum atomic E-state index is -0.950. The lowest BCUT2D eigenvalue weighted by Gasteiger charge is -2.35. The zero-order valence-electron chi connectivity index (χ0n) is 17.9. The summed E-state index contributed by atoms with van der Waals surface area (Å²) in [5.74, 6) is -1.04. The first-order chi connectivity index (χ1) is 14.2. The molecule has 0 unspecified atom stereocenters. The smallest absolute Gasteiger partial charge is 0.193 e. The molecule has 3 rings (SSSR count). The lowest BCUT2D eigenvalue weighted by atomic mass is 9.65. The summed E-state index contributed by atoms with van der Waals surface area (Å²) in [5, 5.41) is 21.0. The van der Waals surface area contributed by atoms with E-state index in [-0.39, 0.29) is 24.4 Å². The summed E-state index contributed by atoms with van der Waals surface area (Å²) in [6.07, 6.45) is 6.25. The fourth-order valence-electron chi connectivity index (χ4n) is 3.95. The molecule has 0 saturated heterocycles. The van der Waals surface area contributed by atoms with Gasteiger partial charge in [-0.25, -0.2) is 0 Å². The number of fused-ring (bicyclic) bond motifs is 3. The fourth-order valence-corrected chi connectivity index (χ4v) is 3.95. The molecule has 1 aromatic carbocycles. The van der Waals surface area contributed by atoms with Crippen LogP contribution in [-0.2, 0) is 16.2 Å². The van der Waals surface area contributed by atoms with Crippen molar-refractivity contribution in [1.82, 2.24) is 0 Å². The van der Waals surface area contributed by atoms with Crippen LogP contribution in [0.2, 0.25) is 0 Å². The van der Waals surface area contributed by atoms with Crippen molar-refractivity contribution in [1.29, 1.82) is 0 Å². The van der Waals surface area contributed by atoms with Crippen LogP contribution in [0, 0.1) is 5.41 Å². The zero-order valence-corrected chi connectivity index (χ0v) is 17.9. The van der Waals surface area contributed by atoms with Crippen molar-refractivity contribution in [2.75, 3.05) is 6.61 Å². The first-order valence-corrected chi connectivity index (χ1v) is 10.1. The highest BCUT2D eigenvalue weighted by Crippen LogP contribution is 2.45. The first kappa shape index (κ1) is 21.8. The Labute approximate surface area is 177 Å². The van der Waals surface area contributed by atoms with Gasteiger partial charge in [0.1, 0.15) is 23.7 Å². The van der Waals surface area contributed by atoms with Gasteiger partial charge in [0.25, 0.3) is 0 Å². The van der Waals surface area contributed by atoms with Crippen LogP contribution in [0.3, 0.4) is 0 Å². The van der Waals surface area contributed by atoms with Crippen LogP contribution in [0.25, 0.3) is 5.76 Å². The second-order valence-electron chi connectivity index (χ2n) is 8.30. The number of benzene rings is 1. The number of aliphatic hydroxyl groups excluding tert-OH is 2. The van der Waals surface area contributed by atoms with Gasteiger partial charge in [0.2, 0.25) is 0 Å². The van der Waals surface area contributed by atoms with Gasteiger partial charge in [-0.1, -0.05) is 35.4 Å². The van der Waals surface area contributed by atoms with Crippen molar-refractivity contribution in [3.05, 3.63) is 69.8 Å². The lowest BCUT2D eigenvalue weighted by Crippen LogP contribution is -2.39. The molecular weight excluding hydrogens is 380 g/mol. The predicted octanol–water partition coefficient (Wildman–Crippen LogP) is 4.62. The second-order valence-corrected chi connectivity index (χ2v) is 8.30. The standard InChI is InChI=1S/C25H28O5/c1-15(2)8-10-25-11-9-16(3)14-30-20-7-5-6-18(13-26)21(20)23(28)22(24(25)29)19(27)12-17(25)4/h5-9,12,26,28H,10-11,13-14H2,1-4H3/b16-9+,23-22+/t25-/m0/s1. The van der Waals surface area contributed by atoms with Crippen LogP contribution in [-0.4, -0.2) is 28.4 Å². The largest absolute Gasteiger partial charge is 0.506 e. The fraction of sp³-hybridized carbons (Fsp3) is 0.360. The Kier molecular flexibility index (Phi) is 6.13. The molecule has 30 heavy (non-hydrogen) atoms. The Morgan fingerprint density at radius 3 is 2.63 bits per heavy atom. The average molecular weight is 408 g/mol. The summed E-state index contributed by atoms with van der Waals surface area (Å²) in [6.45, 7) is 7.56. The minimum Gasteiger partial charge on any atom is -0.506 e. The molecule has 0 aromatic heterocycles. The average Bonchev–Trinajstić information content (AvgIpc) is 2.71. The Morgan fingerprint density at radius 2 is 1.97 bits per heavy atom. The van der Waals surface area contributed by atoms with E-state index in [4.69, 9.17) is 4.74 Å². The number of allylic oxidation sites excluding steroid dienone is 6. The highest BCUT2D eigenvalue weighted by atomic mass is 16.5. The number of Topliss-reactive ketones (excluding diaryl/α,β-unsaturated/α-hetero) is 1. The van der Waals surface area contributed by atoms with E-state index in [0.29, 0.717) is 29.7 Å². The molecule has 0 amide bonds. The molecule has 2 aliphatic rings. The van der Waals surface area contributed by atoms with Crippen molar-refractivity contribution in [3.63, 3.8) is 0 Å². The number of carbonyl (C=O) groups excluding carboxylic acids is 2. The summed E-state index contributed by atoms with van der Waals surface area (Å²) >= 11 is 0. The minimum absolute atomic E-state index is 0.190. The lowest BCUT2D eigenvalue weighted by molar-refractivity contribution is -0.126. The number of ether oxygens (including phenoxy) is 1. The van der Waals surface area contributed by atoms with Crippen molar-refractivity contribution >= 4 is 17.3 Å². The van der Waals surface area contributed by atoms with Gasteiger partial charge in [0.15, 0.2) is 11.6 Å². The maximum atomic E-state index is 13.8. The monoisotopic (exact) mass is 408 g/mol. The van der Waals surface area contributed by atoms with Crippen LogP contribution in [0.15, 0.2) is 58.7 Å². The van der Waals surface area contributed by atoms with E-state index < -0.39 is 22.7 Å². The van der Waals surface area contributed by atoms with E-state index in [1.54, 1.807) is 25.1 Å². The van der Waals surface area contributed by atoms with Gasteiger partial charge in [-0.2, -0.15) is 0 Å². The van der Waals surface area contributed by atoms with Crippen molar-refractivity contribution in [2.45, 2.75) is 47.1 Å². The molecule has 158 valence electrons. The molecule has 0 saturated carbocycles. The predicted molar refractivity (Wildman–Crippen MR) is 116 cm³/mol. The molecule has 5 heteroatoms. The van der Waals surface area contributed by atoms with E-state index in [1.807, 2.05) is 32.9 Å². The molecule has 0 radical (unpaired) electrons. The Balaban J connectivity index is 2.36. The third-order valence-electron chi connectivity index (χ3n) is 5.88. The number of ketones is 2. The summed E-state index contributed by atoms with van der Waals surface area (Å²) < 4.78 is 5.90. The molecule has 2 bridgehead atoms. The first-order valence-electron chi connectivity index (χ1n) is 10.1. The highest BCUT2D eigenvalue weighted by molar-refractivity contribution is 6.32. The van der Waals surface area contributed by atoms with E-state index in [9.17, 15) is 19.8 Å². The molecule has 1 atom stereocenters. The maximum Gasteiger partial charge on any atom is 0.193 e. The zero-order chi connectivity index (χ0) is 22.1. The van der Waals surface area contributed by atoms with Gasteiger partial charge in [-0.3, -0.25) is 9.59 Å². The van der Waals surface area contributed by atoms with E-state index in [0.717, 1.165) is 11.1 Å². The van der Waals surface area contributed by atoms with Crippen LogP contribution >= 0.6 is 0 Å². The Bertz CT molecular complexity index is 1020. The van der Waals surface area contributed by atoms with Crippen LogP contribution < -0.4 is 4.74 Å². The molecule has 0 fully saturated rings. The maximum absolute atomic E-state index is 13.8. The number of aliphatic hydroxyl groups is 2. The summed E-state index contributed by atoms with van der Waals surface area (Å²) in [7, 11) is 0. The molecule has 1 aliphatic carbocycles. The molecule has 1 heterocycles. The van der Waals surface area contributed by atoms with E-state index in [1.165, 1.54) is 6.08 Å². The quantitative estimate of drug-likeness (QED) is 0.563. The molecule has 5 nitrogen and oxygen atoms in total. The summed E-state index contributed by atoms with van der Waals surface area (Å²) in [5.41, 5.74) is 2.08. The number of rotatable bonds is 3.